The SMILES string of the molecule is NC(CCc1nc2cc(Cl)ccc2s1)c1ccccc1. The minimum absolute atomic E-state index is 0.0619. The molecule has 2 N–H and O–H groups in total. The largest absolute Gasteiger partial charge is 0.324 e. The van der Waals surface area contributed by atoms with E-state index in [0.29, 0.717) is 0 Å². The summed E-state index contributed by atoms with van der Waals surface area (Å²) in [6, 6.07) is 16.1. The molecule has 2 nitrogen and oxygen atoms in total. The number of nitrogens with two attached hydrogens (primary N) is 1. The number of rotatable bonds is 4. The van der Waals surface area contributed by atoms with Gasteiger partial charge in [0.2, 0.25) is 0 Å². The van der Waals surface area contributed by atoms with Crippen LogP contribution in [0.25, 0.3) is 10.2 Å². The molecule has 1 atom stereocenters. The molecule has 1 heterocycles. The van der Waals surface area contributed by atoms with Gasteiger partial charge in [0.15, 0.2) is 0 Å². The second-order valence-electron chi connectivity index (χ2n) is 4.78. The molecule has 0 aliphatic heterocycles. The number of fused-ring (bicyclic) bond motifs is 1. The third-order valence-electron chi connectivity index (χ3n) is 3.29. The number of thiazole rings is 1. The van der Waals surface area contributed by atoms with Gasteiger partial charge in [-0.3, -0.25) is 0 Å². The van der Waals surface area contributed by atoms with Gasteiger partial charge >= 0.3 is 0 Å². The molecular formula is C16H15ClN2S. The van der Waals surface area contributed by atoms with E-state index in [1.54, 1.807) is 11.3 Å². The van der Waals surface area contributed by atoms with Crippen molar-refractivity contribution < 1.29 is 0 Å². The fourth-order valence-corrected chi connectivity index (χ4v) is 3.33. The average molecular weight is 303 g/mol. The number of benzene rings is 2. The summed E-state index contributed by atoms with van der Waals surface area (Å²) in [5.74, 6) is 0. The monoisotopic (exact) mass is 302 g/mol. The van der Waals surface area contributed by atoms with Crippen LogP contribution in [0, 0.1) is 0 Å². The lowest BCUT2D eigenvalue weighted by molar-refractivity contribution is 0.650. The molecule has 20 heavy (non-hydrogen) atoms. The quantitative estimate of drug-likeness (QED) is 0.766. The smallest absolute Gasteiger partial charge is 0.0939 e. The lowest BCUT2D eigenvalue weighted by Gasteiger charge is -2.10. The normalized spacial score (nSPS) is 12.7. The molecule has 4 heteroatoms. The van der Waals surface area contributed by atoms with Crippen molar-refractivity contribution in [1.82, 2.24) is 4.98 Å². The summed E-state index contributed by atoms with van der Waals surface area (Å²) in [7, 11) is 0. The Morgan fingerprint density at radius 3 is 2.75 bits per heavy atom. The molecule has 0 radical (unpaired) electrons. The molecule has 0 fully saturated rings. The van der Waals surface area contributed by atoms with Gasteiger partial charge in [-0.2, -0.15) is 0 Å². The lowest BCUT2D eigenvalue weighted by atomic mass is 10.0. The van der Waals surface area contributed by atoms with E-state index in [-0.39, 0.29) is 6.04 Å². The summed E-state index contributed by atoms with van der Waals surface area (Å²) in [5.41, 5.74) is 8.37. The topological polar surface area (TPSA) is 38.9 Å². The van der Waals surface area contributed by atoms with Gasteiger partial charge in [-0.25, -0.2) is 4.98 Å². The molecule has 1 unspecified atom stereocenters. The molecule has 0 spiro atoms. The van der Waals surface area contributed by atoms with Crippen molar-refractivity contribution >= 4 is 33.2 Å². The molecule has 1 aromatic heterocycles. The molecule has 0 saturated carbocycles. The van der Waals surface area contributed by atoms with Crippen LogP contribution in [-0.4, -0.2) is 4.98 Å². The van der Waals surface area contributed by atoms with E-state index in [2.05, 4.69) is 17.1 Å². The number of halogens is 1. The number of hydrogen-bond donors (Lipinski definition) is 1. The van der Waals surface area contributed by atoms with Gasteiger partial charge in [0.1, 0.15) is 0 Å². The first-order valence-electron chi connectivity index (χ1n) is 6.58. The number of nitrogens with zero attached hydrogens (tertiary/aromatic N) is 1. The van der Waals surface area contributed by atoms with Gasteiger partial charge in [0.25, 0.3) is 0 Å². The average Bonchev–Trinajstić information content (AvgIpc) is 2.87. The van der Waals surface area contributed by atoms with Crippen molar-refractivity contribution in [2.75, 3.05) is 0 Å². The second-order valence-corrected chi connectivity index (χ2v) is 6.33. The summed E-state index contributed by atoms with van der Waals surface area (Å²) in [6.45, 7) is 0. The summed E-state index contributed by atoms with van der Waals surface area (Å²) in [6.07, 6.45) is 1.80. The van der Waals surface area contributed by atoms with Crippen LogP contribution in [0.4, 0.5) is 0 Å². The Kier molecular flexibility index (Phi) is 4.01. The maximum Gasteiger partial charge on any atom is 0.0939 e. The third-order valence-corrected chi connectivity index (χ3v) is 4.62. The fraction of sp³-hybridized carbons (Fsp3) is 0.188. The summed E-state index contributed by atoms with van der Waals surface area (Å²) >= 11 is 7.70. The van der Waals surface area contributed by atoms with E-state index >= 15 is 0 Å². The molecule has 0 aliphatic carbocycles. The minimum atomic E-state index is 0.0619. The Morgan fingerprint density at radius 1 is 1.15 bits per heavy atom. The van der Waals surface area contributed by atoms with E-state index in [1.807, 2.05) is 36.4 Å². The highest BCUT2D eigenvalue weighted by Gasteiger charge is 2.09. The molecule has 102 valence electrons. The van der Waals surface area contributed by atoms with Crippen LogP contribution in [0.3, 0.4) is 0 Å². The molecule has 0 aliphatic rings. The first-order chi connectivity index (χ1) is 9.72. The maximum atomic E-state index is 6.22. The van der Waals surface area contributed by atoms with Crippen LogP contribution >= 0.6 is 22.9 Å². The second kappa shape index (κ2) is 5.92. The Hall–Kier alpha value is -1.42. The summed E-state index contributed by atoms with van der Waals surface area (Å²) in [4.78, 5) is 4.62. The van der Waals surface area contributed by atoms with Gasteiger partial charge < -0.3 is 5.73 Å². The summed E-state index contributed by atoms with van der Waals surface area (Å²) in [5, 5.41) is 1.85. The highest BCUT2D eigenvalue weighted by Crippen LogP contribution is 2.26. The first kappa shape index (κ1) is 13.6. The van der Waals surface area contributed by atoms with Crippen molar-refractivity contribution in [1.29, 1.82) is 0 Å². The summed E-state index contributed by atoms with van der Waals surface area (Å²) < 4.78 is 1.18. The number of hydrogen-bond acceptors (Lipinski definition) is 3. The van der Waals surface area contributed by atoms with Crippen LogP contribution in [0.2, 0.25) is 5.02 Å². The molecular weight excluding hydrogens is 288 g/mol. The van der Waals surface area contributed by atoms with Crippen molar-refractivity contribution in [2.45, 2.75) is 18.9 Å². The van der Waals surface area contributed by atoms with E-state index in [1.165, 1.54) is 10.3 Å². The van der Waals surface area contributed by atoms with E-state index in [0.717, 1.165) is 28.4 Å². The van der Waals surface area contributed by atoms with E-state index < -0.39 is 0 Å². The lowest BCUT2D eigenvalue weighted by Crippen LogP contribution is -2.10. The van der Waals surface area contributed by atoms with Crippen molar-refractivity contribution in [3.05, 3.63) is 64.1 Å². The fourth-order valence-electron chi connectivity index (χ4n) is 2.20. The van der Waals surface area contributed by atoms with Crippen LogP contribution in [0.5, 0.6) is 0 Å². The van der Waals surface area contributed by atoms with E-state index in [9.17, 15) is 0 Å². The van der Waals surface area contributed by atoms with Gasteiger partial charge in [-0.1, -0.05) is 41.9 Å². The molecule has 0 amide bonds. The molecule has 3 rings (SSSR count). The Bertz CT molecular complexity index is 709. The van der Waals surface area contributed by atoms with Crippen LogP contribution in [0.15, 0.2) is 48.5 Å². The molecule has 0 bridgehead atoms. The van der Waals surface area contributed by atoms with Crippen LogP contribution < -0.4 is 5.73 Å². The number of aromatic nitrogens is 1. The van der Waals surface area contributed by atoms with Crippen molar-refractivity contribution in [3.63, 3.8) is 0 Å². The Morgan fingerprint density at radius 2 is 1.95 bits per heavy atom. The van der Waals surface area contributed by atoms with Gasteiger partial charge in [0, 0.05) is 17.5 Å². The number of aryl methyl sites for hydroxylation is 1. The minimum Gasteiger partial charge on any atom is -0.324 e. The highest BCUT2D eigenvalue weighted by atomic mass is 35.5. The Labute approximate surface area is 127 Å². The maximum absolute atomic E-state index is 6.22. The Balaban J connectivity index is 1.71. The van der Waals surface area contributed by atoms with Crippen molar-refractivity contribution in [3.8, 4) is 0 Å². The molecule has 3 aromatic rings. The van der Waals surface area contributed by atoms with Crippen LogP contribution in [-0.2, 0) is 6.42 Å². The molecule has 0 saturated heterocycles. The zero-order valence-corrected chi connectivity index (χ0v) is 12.5. The molecule has 2 aromatic carbocycles. The third kappa shape index (κ3) is 3.01. The van der Waals surface area contributed by atoms with Gasteiger partial charge in [0.05, 0.1) is 15.2 Å². The van der Waals surface area contributed by atoms with Gasteiger partial charge in [-0.05, 0) is 30.2 Å². The van der Waals surface area contributed by atoms with Gasteiger partial charge in [-0.15, -0.1) is 11.3 Å². The van der Waals surface area contributed by atoms with Crippen LogP contribution in [0.1, 0.15) is 23.0 Å². The first-order valence-corrected chi connectivity index (χ1v) is 7.77. The zero-order chi connectivity index (χ0) is 13.9. The van der Waals surface area contributed by atoms with Crippen molar-refractivity contribution in [2.24, 2.45) is 5.73 Å². The van der Waals surface area contributed by atoms with E-state index in [4.69, 9.17) is 17.3 Å². The predicted molar refractivity (Wildman–Crippen MR) is 86.3 cm³/mol. The standard InChI is InChI=1S/C16H15ClN2S/c17-12-6-8-15-14(10-12)19-16(20-15)9-7-13(18)11-4-2-1-3-5-11/h1-6,8,10,13H,7,9,18H2. The predicted octanol–water partition coefficient (Wildman–Crippen LogP) is 4.58. The zero-order valence-electron chi connectivity index (χ0n) is 10.9. The highest BCUT2D eigenvalue weighted by molar-refractivity contribution is 7.18.